The Morgan fingerprint density at radius 1 is 0.968 bits per heavy atom. The standard InChI is InChI=1S/C23H20ClN7/c24-15-11-9-14(10-12-15)20(31-19-8-4-3-7-18(19)27-22(31)26)13-21(25)30-23-28-16-5-1-2-6-17(16)29-23/h1-12,20H,13H2,(H2,26,27)(H3,25,28,29,30). The normalized spacial score (nSPS) is 13.1. The second-order valence-corrected chi connectivity index (χ2v) is 7.72. The molecule has 3 aromatic carbocycles. The molecule has 154 valence electrons. The Kier molecular flexibility index (Phi) is 4.80. The zero-order valence-corrected chi connectivity index (χ0v) is 17.3. The fourth-order valence-corrected chi connectivity index (χ4v) is 3.93. The molecule has 0 spiro atoms. The van der Waals surface area contributed by atoms with E-state index in [4.69, 9.17) is 23.1 Å². The van der Waals surface area contributed by atoms with Crippen molar-refractivity contribution in [2.75, 3.05) is 5.73 Å². The summed E-state index contributed by atoms with van der Waals surface area (Å²) >= 11 is 6.11. The van der Waals surface area contributed by atoms with Crippen molar-refractivity contribution in [3.8, 4) is 0 Å². The van der Waals surface area contributed by atoms with Gasteiger partial charge < -0.3 is 21.0 Å². The highest BCUT2D eigenvalue weighted by molar-refractivity contribution is 6.30. The Morgan fingerprint density at radius 2 is 1.68 bits per heavy atom. The summed E-state index contributed by atoms with van der Waals surface area (Å²) < 4.78 is 1.99. The molecule has 1 atom stereocenters. The summed E-state index contributed by atoms with van der Waals surface area (Å²) in [6.07, 6.45) is 0.420. The van der Waals surface area contributed by atoms with Crippen LogP contribution in [0.4, 0.5) is 11.9 Å². The van der Waals surface area contributed by atoms with Crippen LogP contribution in [0.25, 0.3) is 22.1 Å². The first-order valence-corrected chi connectivity index (χ1v) is 10.2. The zero-order chi connectivity index (χ0) is 21.4. The molecule has 8 heteroatoms. The van der Waals surface area contributed by atoms with Gasteiger partial charge >= 0.3 is 0 Å². The number of hydrogen-bond donors (Lipinski definition) is 3. The number of hydrogen-bond acceptors (Lipinski definition) is 4. The summed E-state index contributed by atoms with van der Waals surface area (Å²) in [7, 11) is 0. The highest BCUT2D eigenvalue weighted by Gasteiger charge is 2.21. The molecule has 0 saturated heterocycles. The maximum absolute atomic E-state index is 6.39. The van der Waals surface area contributed by atoms with Crippen molar-refractivity contribution in [3.63, 3.8) is 0 Å². The molecule has 0 aliphatic heterocycles. The van der Waals surface area contributed by atoms with Gasteiger partial charge in [-0.1, -0.05) is 48.0 Å². The Morgan fingerprint density at radius 3 is 2.45 bits per heavy atom. The number of halogens is 1. The van der Waals surface area contributed by atoms with Gasteiger partial charge in [0.15, 0.2) is 0 Å². The molecule has 5 N–H and O–H groups in total. The van der Waals surface area contributed by atoms with Gasteiger partial charge in [-0.3, -0.25) is 0 Å². The van der Waals surface area contributed by atoms with Gasteiger partial charge in [0.2, 0.25) is 11.9 Å². The summed E-state index contributed by atoms with van der Waals surface area (Å²) in [4.78, 5) is 16.7. The number of nitrogen functional groups attached to an aromatic ring is 1. The van der Waals surface area contributed by atoms with Crippen LogP contribution in [0.3, 0.4) is 0 Å². The monoisotopic (exact) mass is 429 g/mol. The van der Waals surface area contributed by atoms with Gasteiger partial charge in [0.1, 0.15) is 5.84 Å². The third-order valence-corrected chi connectivity index (χ3v) is 5.47. The maximum atomic E-state index is 6.39. The molecule has 31 heavy (non-hydrogen) atoms. The highest BCUT2D eigenvalue weighted by atomic mass is 35.5. The van der Waals surface area contributed by atoms with Crippen LogP contribution in [0.15, 0.2) is 77.8 Å². The number of aliphatic imine (C=N–C) groups is 1. The zero-order valence-electron chi connectivity index (χ0n) is 16.5. The van der Waals surface area contributed by atoms with Gasteiger partial charge in [-0.25, -0.2) is 15.0 Å². The molecule has 7 nitrogen and oxygen atoms in total. The van der Waals surface area contributed by atoms with Crippen molar-refractivity contribution in [2.45, 2.75) is 12.5 Å². The third-order valence-electron chi connectivity index (χ3n) is 5.22. The van der Waals surface area contributed by atoms with Crippen LogP contribution in [-0.4, -0.2) is 25.4 Å². The average Bonchev–Trinajstić information content (AvgIpc) is 3.32. The van der Waals surface area contributed by atoms with E-state index >= 15 is 0 Å². The molecule has 0 radical (unpaired) electrons. The summed E-state index contributed by atoms with van der Waals surface area (Å²) in [6, 6.07) is 23.0. The van der Waals surface area contributed by atoms with E-state index in [9.17, 15) is 0 Å². The fourth-order valence-electron chi connectivity index (χ4n) is 3.81. The molecule has 2 heterocycles. The maximum Gasteiger partial charge on any atom is 0.229 e. The topological polar surface area (TPSA) is 111 Å². The van der Waals surface area contributed by atoms with E-state index in [1.165, 1.54) is 0 Å². The van der Waals surface area contributed by atoms with Crippen LogP contribution >= 0.6 is 11.6 Å². The molecule has 5 rings (SSSR count). The number of H-pyrrole nitrogens is 1. The molecule has 0 fully saturated rings. The van der Waals surface area contributed by atoms with Gasteiger partial charge in [-0.15, -0.1) is 0 Å². The molecule has 0 bridgehead atoms. The lowest BCUT2D eigenvalue weighted by Gasteiger charge is -2.21. The van der Waals surface area contributed by atoms with Crippen molar-refractivity contribution in [2.24, 2.45) is 10.7 Å². The summed E-state index contributed by atoms with van der Waals surface area (Å²) in [6.45, 7) is 0. The molecular formula is C23H20ClN7. The van der Waals surface area contributed by atoms with Crippen molar-refractivity contribution in [1.82, 2.24) is 19.5 Å². The first-order chi connectivity index (χ1) is 15.1. The predicted molar refractivity (Wildman–Crippen MR) is 126 cm³/mol. The highest BCUT2D eigenvalue weighted by Crippen LogP contribution is 2.31. The first-order valence-electron chi connectivity index (χ1n) is 9.84. The van der Waals surface area contributed by atoms with E-state index < -0.39 is 0 Å². The van der Waals surface area contributed by atoms with E-state index in [0.717, 1.165) is 27.6 Å². The third kappa shape index (κ3) is 3.71. The number of aromatic amines is 1. The summed E-state index contributed by atoms with van der Waals surface area (Å²) in [5.74, 6) is 1.31. The Labute approximate surface area is 183 Å². The van der Waals surface area contributed by atoms with Crippen molar-refractivity contribution in [3.05, 3.63) is 83.4 Å². The predicted octanol–water partition coefficient (Wildman–Crippen LogP) is 4.82. The van der Waals surface area contributed by atoms with E-state index in [1.807, 2.05) is 77.4 Å². The van der Waals surface area contributed by atoms with Gasteiger partial charge in [-0.05, 0) is 42.0 Å². The number of aromatic nitrogens is 4. The molecule has 0 amide bonds. The number of rotatable bonds is 5. The van der Waals surface area contributed by atoms with Gasteiger partial charge in [-0.2, -0.15) is 0 Å². The van der Waals surface area contributed by atoms with Gasteiger partial charge in [0, 0.05) is 11.4 Å². The average molecular weight is 430 g/mol. The first kappa shape index (κ1) is 19.1. The lowest BCUT2D eigenvalue weighted by molar-refractivity contribution is 0.629. The van der Waals surface area contributed by atoms with Crippen molar-refractivity contribution < 1.29 is 0 Å². The number of imidazole rings is 2. The van der Waals surface area contributed by atoms with Crippen LogP contribution in [0.1, 0.15) is 18.0 Å². The molecule has 5 aromatic rings. The van der Waals surface area contributed by atoms with E-state index in [2.05, 4.69) is 19.9 Å². The van der Waals surface area contributed by atoms with Crippen molar-refractivity contribution in [1.29, 1.82) is 0 Å². The van der Waals surface area contributed by atoms with Gasteiger partial charge in [0.05, 0.1) is 28.1 Å². The Hall–Kier alpha value is -3.84. The molecule has 0 saturated carbocycles. The second-order valence-electron chi connectivity index (χ2n) is 7.28. The second kappa shape index (κ2) is 7.77. The quantitative estimate of drug-likeness (QED) is 0.275. The number of benzene rings is 3. The van der Waals surface area contributed by atoms with E-state index in [-0.39, 0.29) is 6.04 Å². The van der Waals surface area contributed by atoms with E-state index in [1.54, 1.807) is 0 Å². The minimum Gasteiger partial charge on any atom is -0.387 e. The molecular weight excluding hydrogens is 410 g/mol. The largest absolute Gasteiger partial charge is 0.387 e. The Bertz CT molecular complexity index is 1370. The smallest absolute Gasteiger partial charge is 0.229 e. The van der Waals surface area contributed by atoms with Gasteiger partial charge in [0.25, 0.3) is 0 Å². The van der Waals surface area contributed by atoms with Crippen LogP contribution in [0.2, 0.25) is 5.02 Å². The number of nitrogens with zero attached hydrogens (tertiary/aromatic N) is 4. The van der Waals surface area contributed by atoms with Crippen LogP contribution in [0, 0.1) is 0 Å². The molecule has 1 unspecified atom stereocenters. The lowest BCUT2D eigenvalue weighted by Crippen LogP contribution is -2.22. The number of para-hydroxylation sites is 4. The van der Waals surface area contributed by atoms with Crippen LogP contribution < -0.4 is 11.5 Å². The van der Waals surface area contributed by atoms with Crippen molar-refractivity contribution >= 4 is 51.4 Å². The van der Waals surface area contributed by atoms with Crippen LogP contribution in [-0.2, 0) is 0 Å². The van der Waals surface area contributed by atoms with E-state index in [0.29, 0.717) is 29.2 Å². The molecule has 0 aliphatic rings. The number of nitrogens with two attached hydrogens (primary N) is 2. The molecule has 0 aliphatic carbocycles. The summed E-state index contributed by atoms with van der Waals surface area (Å²) in [5.41, 5.74) is 17.2. The number of nitrogens with one attached hydrogen (secondary N) is 1. The SMILES string of the molecule is N/C(CC(c1ccc(Cl)cc1)n1c(N)nc2ccccc21)=N\c1nc2ccccc2[nH]1. The van der Waals surface area contributed by atoms with Crippen LogP contribution in [0.5, 0.6) is 0 Å². The number of anilines is 1. The Balaban J connectivity index is 1.57. The number of fused-ring (bicyclic) bond motifs is 2. The summed E-state index contributed by atoms with van der Waals surface area (Å²) in [5, 5.41) is 0.662. The molecule has 2 aromatic heterocycles. The minimum absolute atomic E-state index is 0.210. The lowest BCUT2D eigenvalue weighted by atomic mass is 10.0. The fraction of sp³-hybridized carbons (Fsp3) is 0.0870. The number of amidine groups is 1. The minimum atomic E-state index is -0.210.